The summed E-state index contributed by atoms with van der Waals surface area (Å²) in [6, 6.07) is 3.08. The van der Waals surface area contributed by atoms with E-state index in [9.17, 15) is 9.59 Å². The molecule has 1 unspecified atom stereocenters. The first-order valence-electron chi connectivity index (χ1n) is 7.05. The van der Waals surface area contributed by atoms with Gasteiger partial charge in [0.25, 0.3) is 0 Å². The maximum Gasteiger partial charge on any atom is 0.250 e. The number of nitrogens with one attached hydrogen (secondary N) is 2. The summed E-state index contributed by atoms with van der Waals surface area (Å²) in [6.07, 6.45) is 3.95. The fraction of sp³-hybridized carbons (Fsp3) is 0.400. The molecule has 110 valence electrons. The number of aromatic amines is 1. The molecular formula is C15H18N4O2. The number of hydrogen-bond donors (Lipinski definition) is 2. The van der Waals surface area contributed by atoms with Gasteiger partial charge in [-0.2, -0.15) is 0 Å². The monoisotopic (exact) mass is 286 g/mol. The Balaban J connectivity index is 1.71. The van der Waals surface area contributed by atoms with E-state index in [1.807, 2.05) is 6.92 Å². The molecule has 1 atom stereocenters. The number of fused-ring (bicyclic) bond motifs is 1. The number of aromatic nitrogens is 3. The van der Waals surface area contributed by atoms with Gasteiger partial charge in [0, 0.05) is 37.3 Å². The Bertz CT molecular complexity index is 744. The number of pyridine rings is 1. The standard InChI is InChI=1S/C15H18N4O2/c1-9-16-12-5-3-10(7-13(12)17-9)15(21)18-11-4-6-14(20)19(2)8-11/h4,6,8,10H,3,5,7H2,1-2H3,(H,16,17)(H,18,21). The van der Waals surface area contributed by atoms with Gasteiger partial charge < -0.3 is 14.9 Å². The molecule has 0 saturated carbocycles. The first-order valence-corrected chi connectivity index (χ1v) is 7.05. The van der Waals surface area contributed by atoms with Crippen LogP contribution >= 0.6 is 0 Å². The van der Waals surface area contributed by atoms with Crippen molar-refractivity contribution < 1.29 is 4.79 Å². The Hall–Kier alpha value is -2.37. The zero-order valence-corrected chi connectivity index (χ0v) is 12.1. The van der Waals surface area contributed by atoms with E-state index in [0.717, 1.165) is 30.1 Å². The molecule has 0 aromatic carbocycles. The van der Waals surface area contributed by atoms with Crippen LogP contribution in [0.4, 0.5) is 5.69 Å². The molecule has 6 nitrogen and oxygen atoms in total. The van der Waals surface area contributed by atoms with Crippen LogP contribution in [0.1, 0.15) is 23.6 Å². The summed E-state index contributed by atoms with van der Waals surface area (Å²) < 4.78 is 1.45. The lowest BCUT2D eigenvalue weighted by molar-refractivity contribution is -0.120. The van der Waals surface area contributed by atoms with Gasteiger partial charge in [0.1, 0.15) is 5.82 Å². The van der Waals surface area contributed by atoms with Crippen LogP contribution in [0.3, 0.4) is 0 Å². The minimum absolute atomic E-state index is 0.00782. The van der Waals surface area contributed by atoms with Crippen molar-refractivity contribution in [3.05, 3.63) is 45.9 Å². The van der Waals surface area contributed by atoms with E-state index in [0.29, 0.717) is 12.1 Å². The van der Waals surface area contributed by atoms with E-state index in [4.69, 9.17) is 0 Å². The molecule has 1 aliphatic carbocycles. The van der Waals surface area contributed by atoms with Crippen LogP contribution in [0.25, 0.3) is 0 Å². The van der Waals surface area contributed by atoms with Gasteiger partial charge in [0.15, 0.2) is 0 Å². The number of imidazole rings is 1. The van der Waals surface area contributed by atoms with Crippen molar-refractivity contribution in [2.45, 2.75) is 26.2 Å². The highest BCUT2D eigenvalue weighted by Gasteiger charge is 2.26. The fourth-order valence-electron chi connectivity index (χ4n) is 2.76. The lowest BCUT2D eigenvalue weighted by Gasteiger charge is -2.20. The van der Waals surface area contributed by atoms with Crippen LogP contribution in [0.5, 0.6) is 0 Å². The van der Waals surface area contributed by atoms with Gasteiger partial charge in [-0.1, -0.05) is 0 Å². The molecule has 0 aliphatic heterocycles. The minimum Gasteiger partial charge on any atom is -0.346 e. The number of aryl methyl sites for hydroxylation is 3. The quantitative estimate of drug-likeness (QED) is 0.869. The van der Waals surface area contributed by atoms with E-state index in [1.54, 1.807) is 19.3 Å². The molecule has 0 saturated heterocycles. The average Bonchev–Trinajstić information content (AvgIpc) is 2.82. The van der Waals surface area contributed by atoms with Crippen LogP contribution in [0.15, 0.2) is 23.1 Å². The van der Waals surface area contributed by atoms with Crippen LogP contribution in [0.2, 0.25) is 0 Å². The summed E-state index contributed by atoms with van der Waals surface area (Å²) >= 11 is 0. The zero-order chi connectivity index (χ0) is 15.0. The lowest BCUT2D eigenvalue weighted by atomic mass is 9.89. The SMILES string of the molecule is Cc1nc2c([nH]1)CC(C(=O)Nc1ccc(=O)n(C)c1)CC2. The minimum atomic E-state index is -0.0942. The molecule has 0 fully saturated rings. The molecular weight excluding hydrogens is 268 g/mol. The third-order valence-electron chi connectivity index (χ3n) is 3.89. The predicted octanol–water partition coefficient (Wildman–Crippen LogP) is 1.16. The molecule has 21 heavy (non-hydrogen) atoms. The van der Waals surface area contributed by atoms with Crippen molar-refractivity contribution in [1.82, 2.24) is 14.5 Å². The Kier molecular flexibility index (Phi) is 3.37. The topological polar surface area (TPSA) is 79.8 Å². The average molecular weight is 286 g/mol. The van der Waals surface area contributed by atoms with Gasteiger partial charge in [0.2, 0.25) is 11.5 Å². The maximum atomic E-state index is 12.3. The van der Waals surface area contributed by atoms with Crippen molar-refractivity contribution in [3.63, 3.8) is 0 Å². The van der Waals surface area contributed by atoms with Crippen molar-refractivity contribution in [3.8, 4) is 0 Å². The van der Waals surface area contributed by atoms with Crippen molar-refractivity contribution in [2.24, 2.45) is 13.0 Å². The Morgan fingerprint density at radius 1 is 1.48 bits per heavy atom. The highest BCUT2D eigenvalue weighted by Crippen LogP contribution is 2.24. The number of nitrogens with zero attached hydrogens (tertiary/aromatic N) is 2. The molecule has 1 aliphatic rings. The van der Waals surface area contributed by atoms with Crippen molar-refractivity contribution >= 4 is 11.6 Å². The van der Waals surface area contributed by atoms with Gasteiger partial charge in [-0.3, -0.25) is 9.59 Å². The fourth-order valence-corrected chi connectivity index (χ4v) is 2.76. The smallest absolute Gasteiger partial charge is 0.250 e. The third-order valence-corrected chi connectivity index (χ3v) is 3.89. The van der Waals surface area contributed by atoms with Crippen molar-refractivity contribution in [1.29, 1.82) is 0 Å². The molecule has 3 rings (SSSR count). The molecule has 2 aromatic heterocycles. The Morgan fingerprint density at radius 3 is 3.05 bits per heavy atom. The molecule has 6 heteroatoms. The first kappa shape index (κ1) is 13.6. The van der Waals surface area contributed by atoms with Crippen LogP contribution in [-0.2, 0) is 24.7 Å². The highest BCUT2D eigenvalue weighted by atomic mass is 16.2. The van der Waals surface area contributed by atoms with E-state index < -0.39 is 0 Å². The summed E-state index contributed by atoms with van der Waals surface area (Å²) in [5, 5.41) is 2.88. The summed E-state index contributed by atoms with van der Waals surface area (Å²) in [4.78, 5) is 31.3. The predicted molar refractivity (Wildman–Crippen MR) is 79.2 cm³/mol. The molecule has 2 aromatic rings. The second-order valence-electron chi connectivity index (χ2n) is 5.54. The summed E-state index contributed by atoms with van der Waals surface area (Å²) in [6.45, 7) is 1.93. The molecule has 2 heterocycles. The van der Waals surface area contributed by atoms with E-state index in [2.05, 4.69) is 15.3 Å². The summed E-state index contributed by atoms with van der Waals surface area (Å²) in [5.41, 5.74) is 2.70. The van der Waals surface area contributed by atoms with E-state index in [-0.39, 0.29) is 17.4 Å². The molecule has 0 bridgehead atoms. The second kappa shape index (κ2) is 5.20. The summed E-state index contributed by atoms with van der Waals surface area (Å²) in [5.74, 6) is 0.834. The molecule has 0 spiro atoms. The maximum absolute atomic E-state index is 12.3. The van der Waals surface area contributed by atoms with Gasteiger partial charge in [0.05, 0.1) is 11.4 Å². The van der Waals surface area contributed by atoms with Crippen LogP contribution in [-0.4, -0.2) is 20.4 Å². The molecule has 1 amide bonds. The number of anilines is 1. The van der Waals surface area contributed by atoms with Gasteiger partial charge in [-0.15, -0.1) is 0 Å². The Labute approximate surface area is 122 Å². The number of carbonyl (C=O) groups excluding carboxylic acids is 1. The highest BCUT2D eigenvalue weighted by molar-refractivity contribution is 5.92. The Morgan fingerprint density at radius 2 is 2.29 bits per heavy atom. The largest absolute Gasteiger partial charge is 0.346 e. The van der Waals surface area contributed by atoms with Crippen LogP contribution in [0, 0.1) is 12.8 Å². The first-order chi connectivity index (χ1) is 10.0. The molecule has 2 N–H and O–H groups in total. The van der Waals surface area contributed by atoms with Gasteiger partial charge in [-0.05, 0) is 25.8 Å². The lowest BCUT2D eigenvalue weighted by Crippen LogP contribution is -2.28. The van der Waals surface area contributed by atoms with E-state index in [1.165, 1.54) is 10.6 Å². The number of amides is 1. The number of carbonyl (C=O) groups is 1. The van der Waals surface area contributed by atoms with Crippen molar-refractivity contribution in [2.75, 3.05) is 5.32 Å². The second-order valence-corrected chi connectivity index (χ2v) is 5.54. The normalized spacial score (nSPS) is 17.3. The van der Waals surface area contributed by atoms with Crippen LogP contribution < -0.4 is 10.9 Å². The molecule has 0 radical (unpaired) electrons. The van der Waals surface area contributed by atoms with E-state index >= 15 is 0 Å². The summed E-state index contributed by atoms with van der Waals surface area (Å²) in [7, 11) is 1.66. The third kappa shape index (κ3) is 2.74. The zero-order valence-electron chi connectivity index (χ0n) is 12.1. The number of H-pyrrole nitrogens is 1. The van der Waals surface area contributed by atoms with Gasteiger partial charge >= 0.3 is 0 Å². The number of rotatable bonds is 2. The van der Waals surface area contributed by atoms with Gasteiger partial charge in [-0.25, -0.2) is 4.98 Å². The number of hydrogen-bond acceptors (Lipinski definition) is 3.